The van der Waals surface area contributed by atoms with Crippen LogP contribution in [0.3, 0.4) is 0 Å². The van der Waals surface area contributed by atoms with Crippen molar-refractivity contribution in [3.05, 3.63) is 96.6 Å². The van der Waals surface area contributed by atoms with Gasteiger partial charge in [-0.3, -0.25) is 0 Å². The number of aliphatic hydroxyl groups is 1. The minimum absolute atomic E-state index is 0.00927. The summed E-state index contributed by atoms with van der Waals surface area (Å²) in [6.45, 7) is -0.00927. The van der Waals surface area contributed by atoms with Crippen molar-refractivity contribution in [3.8, 4) is 22.6 Å². The fourth-order valence-corrected chi connectivity index (χ4v) is 3.03. The molecule has 0 fully saturated rings. The molecule has 0 spiro atoms. The summed E-state index contributed by atoms with van der Waals surface area (Å²) < 4.78 is 6.01. The van der Waals surface area contributed by atoms with Gasteiger partial charge >= 0.3 is 0 Å². The van der Waals surface area contributed by atoms with E-state index in [9.17, 15) is 5.11 Å². The van der Waals surface area contributed by atoms with Crippen molar-refractivity contribution in [2.75, 3.05) is 0 Å². The molecule has 0 aromatic heterocycles. The van der Waals surface area contributed by atoms with Crippen LogP contribution in [0.5, 0.6) is 11.5 Å². The van der Waals surface area contributed by atoms with E-state index < -0.39 is 0 Å². The van der Waals surface area contributed by atoms with E-state index in [0.29, 0.717) is 0 Å². The minimum atomic E-state index is -0.00927. The summed E-state index contributed by atoms with van der Waals surface area (Å²) in [5.74, 6) is 1.51. The average molecular weight is 326 g/mol. The molecule has 4 aromatic rings. The molecule has 0 unspecified atom stereocenters. The average Bonchev–Trinajstić information content (AvgIpc) is 2.68. The lowest BCUT2D eigenvalue weighted by molar-refractivity contribution is 0.283. The van der Waals surface area contributed by atoms with Crippen LogP contribution in [0.15, 0.2) is 91.0 Å². The van der Waals surface area contributed by atoms with E-state index in [1.54, 1.807) is 0 Å². The lowest BCUT2D eigenvalue weighted by atomic mass is 10.0. The summed E-state index contributed by atoms with van der Waals surface area (Å²) in [5, 5.41) is 11.7. The Labute approximate surface area is 146 Å². The molecule has 0 saturated carbocycles. The number of rotatable bonds is 4. The number of benzene rings is 4. The third kappa shape index (κ3) is 3.25. The number of hydrogen-bond acceptors (Lipinski definition) is 2. The van der Waals surface area contributed by atoms with Crippen LogP contribution in [0.4, 0.5) is 0 Å². The second-order valence-electron chi connectivity index (χ2n) is 5.95. The Hall–Kier alpha value is -3.10. The molecule has 0 aliphatic rings. The molecule has 2 heteroatoms. The summed E-state index contributed by atoms with van der Waals surface area (Å²) in [6, 6.07) is 30.2. The van der Waals surface area contributed by atoms with E-state index in [2.05, 4.69) is 24.3 Å². The summed E-state index contributed by atoms with van der Waals surface area (Å²) in [7, 11) is 0. The fourth-order valence-electron chi connectivity index (χ4n) is 3.03. The number of aliphatic hydroxyl groups excluding tert-OH is 1. The number of ether oxygens (including phenoxy) is 1. The van der Waals surface area contributed by atoms with Gasteiger partial charge in [-0.2, -0.15) is 0 Å². The zero-order valence-electron chi connectivity index (χ0n) is 13.7. The van der Waals surface area contributed by atoms with Crippen molar-refractivity contribution >= 4 is 10.8 Å². The van der Waals surface area contributed by atoms with Crippen LogP contribution in [0.25, 0.3) is 21.9 Å². The third-order valence-electron chi connectivity index (χ3n) is 4.29. The van der Waals surface area contributed by atoms with Crippen molar-refractivity contribution in [1.29, 1.82) is 0 Å². The van der Waals surface area contributed by atoms with E-state index in [0.717, 1.165) is 33.4 Å². The predicted octanol–water partition coefficient (Wildman–Crippen LogP) is 5.79. The van der Waals surface area contributed by atoms with Gasteiger partial charge in [0.2, 0.25) is 0 Å². The molecular formula is C23H18O2. The zero-order chi connectivity index (χ0) is 17.1. The van der Waals surface area contributed by atoms with Gasteiger partial charge in [0, 0.05) is 0 Å². The first-order valence-corrected chi connectivity index (χ1v) is 8.29. The highest BCUT2D eigenvalue weighted by molar-refractivity contribution is 5.87. The molecule has 1 N–H and O–H groups in total. The Morgan fingerprint density at radius 2 is 1.32 bits per heavy atom. The van der Waals surface area contributed by atoms with Crippen molar-refractivity contribution < 1.29 is 9.84 Å². The molecule has 0 saturated heterocycles. The Morgan fingerprint density at radius 3 is 2.08 bits per heavy atom. The van der Waals surface area contributed by atoms with Crippen molar-refractivity contribution in [3.63, 3.8) is 0 Å². The normalized spacial score (nSPS) is 10.8. The van der Waals surface area contributed by atoms with E-state index >= 15 is 0 Å². The second kappa shape index (κ2) is 6.80. The summed E-state index contributed by atoms with van der Waals surface area (Å²) in [5.41, 5.74) is 3.21. The smallest absolute Gasteiger partial charge is 0.128 e. The highest BCUT2D eigenvalue weighted by Gasteiger charge is 2.05. The molecule has 4 rings (SSSR count). The van der Waals surface area contributed by atoms with Crippen LogP contribution < -0.4 is 4.74 Å². The fraction of sp³-hybridized carbons (Fsp3) is 0.0435. The van der Waals surface area contributed by atoms with E-state index in [4.69, 9.17) is 4.74 Å². The maximum Gasteiger partial charge on any atom is 0.128 e. The van der Waals surface area contributed by atoms with Crippen LogP contribution in [0.2, 0.25) is 0 Å². The van der Waals surface area contributed by atoms with Gasteiger partial charge in [0.1, 0.15) is 11.5 Å². The van der Waals surface area contributed by atoms with Crippen LogP contribution in [0.1, 0.15) is 5.56 Å². The largest absolute Gasteiger partial charge is 0.457 e. The molecule has 2 nitrogen and oxygen atoms in total. The quantitative estimate of drug-likeness (QED) is 0.514. The number of hydrogen-bond donors (Lipinski definition) is 1. The van der Waals surface area contributed by atoms with Crippen LogP contribution in [-0.2, 0) is 6.61 Å². The Bertz CT molecular complexity index is 989. The molecule has 0 aliphatic heterocycles. The monoisotopic (exact) mass is 326 g/mol. The molecule has 25 heavy (non-hydrogen) atoms. The first-order valence-electron chi connectivity index (χ1n) is 8.29. The molecule has 0 heterocycles. The van der Waals surface area contributed by atoms with Crippen molar-refractivity contribution in [1.82, 2.24) is 0 Å². The van der Waals surface area contributed by atoms with Crippen molar-refractivity contribution in [2.24, 2.45) is 0 Å². The summed E-state index contributed by atoms with van der Waals surface area (Å²) >= 11 is 0. The van der Waals surface area contributed by atoms with Gasteiger partial charge in [-0.05, 0) is 51.7 Å². The molecule has 0 radical (unpaired) electrons. The molecule has 0 aliphatic carbocycles. The van der Waals surface area contributed by atoms with Gasteiger partial charge in [0.05, 0.1) is 6.61 Å². The van der Waals surface area contributed by atoms with Crippen LogP contribution in [-0.4, -0.2) is 5.11 Å². The van der Waals surface area contributed by atoms with E-state index in [-0.39, 0.29) is 6.61 Å². The first-order chi connectivity index (χ1) is 12.3. The van der Waals surface area contributed by atoms with Crippen LogP contribution in [0, 0.1) is 0 Å². The SMILES string of the molecule is OCc1cc(Oc2ccc(-c3ccccc3)cc2)cc2ccccc12. The maximum absolute atomic E-state index is 9.63. The van der Waals surface area contributed by atoms with Crippen molar-refractivity contribution in [2.45, 2.75) is 6.61 Å². The second-order valence-corrected chi connectivity index (χ2v) is 5.95. The van der Waals surface area contributed by atoms with E-state index in [1.807, 2.05) is 66.7 Å². The van der Waals surface area contributed by atoms with Gasteiger partial charge in [0.15, 0.2) is 0 Å². The lowest BCUT2D eigenvalue weighted by Crippen LogP contribution is -1.90. The topological polar surface area (TPSA) is 29.5 Å². The summed E-state index contributed by atoms with van der Waals surface area (Å²) in [4.78, 5) is 0. The van der Waals surface area contributed by atoms with Gasteiger partial charge in [-0.1, -0.05) is 66.7 Å². The lowest BCUT2D eigenvalue weighted by Gasteiger charge is -2.11. The molecule has 0 atom stereocenters. The Kier molecular flexibility index (Phi) is 4.19. The predicted molar refractivity (Wildman–Crippen MR) is 102 cm³/mol. The van der Waals surface area contributed by atoms with Gasteiger partial charge < -0.3 is 9.84 Å². The maximum atomic E-state index is 9.63. The minimum Gasteiger partial charge on any atom is -0.457 e. The molecule has 0 amide bonds. The molecule has 122 valence electrons. The zero-order valence-corrected chi connectivity index (χ0v) is 13.7. The standard InChI is InChI=1S/C23H18O2/c24-16-20-15-22(14-19-8-4-5-9-23(19)20)25-21-12-10-18(11-13-21)17-6-2-1-3-7-17/h1-15,24H,16H2. The Morgan fingerprint density at radius 1 is 0.640 bits per heavy atom. The van der Waals surface area contributed by atoms with Crippen LogP contribution >= 0.6 is 0 Å². The molecule has 0 bridgehead atoms. The van der Waals surface area contributed by atoms with Gasteiger partial charge in [-0.25, -0.2) is 0 Å². The first kappa shape index (κ1) is 15.4. The highest BCUT2D eigenvalue weighted by atomic mass is 16.5. The number of fused-ring (bicyclic) bond motifs is 1. The molecular weight excluding hydrogens is 308 g/mol. The van der Waals surface area contributed by atoms with Gasteiger partial charge in [-0.15, -0.1) is 0 Å². The molecule has 4 aromatic carbocycles. The third-order valence-corrected chi connectivity index (χ3v) is 4.29. The van der Waals surface area contributed by atoms with Gasteiger partial charge in [0.25, 0.3) is 0 Å². The summed E-state index contributed by atoms with van der Waals surface area (Å²) in [6.07, 6.45) is 0. The van der Waals surface area contributed by atoms with E-state index in [1.165, 1.54) is 5.56 Å². The Balaban J connectivity index is 1.63. The highest BCUT2D eigenvalue weighted by Crippen LogP contribution is 2.30.